The highest BCUT2D eigenvalue weighted by atomic mass is 16.4. The second-order valence-electron chi connectivity index (χ2n) is 14.8. The molecule has 0 aliphatic heterocycles. The summed E-state index contributed by atoms with van der Waals surface area (Å²) in [5.74, 6) is 1.60. The lowest BCUT2D eigenvalue weighted by atomic mass is 9.33. The molecule has 34 heavy (non-hydrogen) atoms. The second kappa shape index (κ2) is 7.22. The SMILES string of the molecule is C[C@@H]1CC[C@]2(C)CC[C@]3(C)C(=CC(=O)C4[C@@]5(C)CC[C@@H](C)[C@](C)(C(=O)O)C5CC[C@]43C)C2[C@H]1C. The van der Waals surface area contributed by atoms with Crippen LogP contribution in [0.4, 0.5) is 0 Å². The summed E-state index contributed by atoms with van der Waals surface area (Å²) >= 11 is 0. The van der Waals surface area contributed by atoms with Gasteiger partial charge in [-0.3, -0.25) is 9.59 Å². The number of fused-ring (bicyclic) bond motifs is 7. The van der Waals surface area contributed by atoms with Crippen molar-refractivity contribution < 1.29 is 14.7 Å². The van der Waals surface area contributed by atoms with E-state index >= 15 is 0 Å². The molecule has 5 aliphatic carbocycles. The van der Waals surface area contributed by atoms with Crippen molar-refractivity contribution in [1.29, 1.82) is 0 Å². The molecule has 5 aliphatic rings. The lowest BCUT2D eigenvalue weighted by molar-refractivity contribution is -0.205. The van der Waals surface area contributed by atoms with E-state index in [1.165, 1.54) is 31.3 Å². The van der Waals surface area contributed by atoms with E-state index in [0.29, 0.717) is 29.0 Å². The van der Waals surface area contributed by atoms with Gasteiger partial charge < -0.3 is 5.11 Å². The van der Waals surface area contributed by atoms with E-state index in [2.05, 4.69) is 54.5 Å². The fraction of sp³-hybridized carbons (Fsp3) is 0.871. The van der Waals surface area contributed by atoms with Gasteiger partial charge in [-0.25, -0.2) is 0 Å². The van der Waals surface area contributed by atoms with Crippen LogP contribution in [0.5, 0.6) is 0 Å². The van der Waals surface area contributed by atoms with Gasteiger partial charge in [-0.2, -0.15) is 0 Å². The quantitative estimate of drug-likeness (QED) is 0.432. The molecule has 3 unspecified atom stereocenters. The van der Waals surface area contributed by atoms with Crippen LogP contribution >= 0.6 is 0 Å². The number of carboxylic acids is 1. The number of rotatable bonds is 1. The summed E-state index contributed by atoms with van der Waals surface area (Å²) in [6.07, 6.45) is 10.9. The fourth-order valence-electron chi connectivity index (χ4n) is 10.9. The molecule has 0 radical (unpaired) electrons. The highest BCUT2D eigenvalue weighted by molar-refractivity contribution is 5.96. The van der Waals surface area contributed by atoms with Crippen LogP contribution in [0.3, 0.4) is 0 Å². The van der Waals surface area contributed by atoms with Crippen LogP contribution in [0.1, 0.15) is 107 Å². The van der Waals surface area contributed by atoms with E-state index in [1.807, 2.05) is 6.92 Å². The molecule has 4 fully saturated rings. The van der Waals surface area contributed by atoms with Gasteiger partial charge in [0.15, 0.2) is 5.78 Å². The highest BCUT2D eigenvalue weighted by Crippen LogP contribution is 2.75. The minimum absolute atomic E-state index is 0.0255. The first-order valence-corrected chi connectivity index (χ1v) is 14.2. The van der Waals surface area contributed by atoms with Crippen molar-refractivity contribution in [2.75, 3.05) is 0 Å². The molecule has 190 valence electrons. The third-order valence-corrected chi connectivity index (χ3v) is 13.7. The smallest absolute Gasteiger partial charge is 0.309 e. The minimum atomic E-state index is -0.752. The van der Waals surface area contributed by atoms with E-state index < -0.39 is 11.4 Å². The normalized spacial score (nSPS) is 56.9. The van der Waals surface area contributed by atoms with E-state index in [1.54, 1.807) is 0 Å². The molecule has 3 nitrogen and oxygen atoms in total. The van der Waals surface area contributed by atoms with E-state index in [4.69, 9.17) is 0 Å². The zero-order chi connectivity index (χ0) is 25.1. The Morgan fingerprint density at radius 1 is 0.912 bits per heavy atom. The maximum Gasteiger partial charge on any atom is 0.309 e. The summed E-state index contributed by atoms with van der Waals surface area (Å²) in [5.41, 5.74) is 0.707. The van der Waals surface area contributed by atoms with Gasteiger partial charge in [-0.05, 0) is 116 Å². The summed E-state index contributed by atoms with van der Waals surface area (Å²) < 4.78 is 0. The van der Waals surface area contributed by atoms with Crippen LogP contribution in [0.25, 0.3) is 0 Å². The first-order chi connectivity index (χ1) is 15.7. The molecule has 11 atom stereocenters. The zero-order valence-corrected chi connectivity index (χ0v) is 23.0. The van der Waals surface area contributed by atoms with E-state index in [9.17, 15) is 14.7 Å². The minimum Gasteiger partial charge on any atom is -0.481 e. The maximum atomic E-state index is 14.3. The Morgan fingerprint density at radius 2 is 1.59 bits per heavy atom. The average Bonchev–Trinajstić information content (AvgIpc) is 2.75. The molecular formula is C31H48O3. The topological polar surface area (TPSA) is 54.4 Å². The number of allylic oxidation sites excluding steroid dienone is 2. The van der Waals surface area contributed by atoms with E-state index in [-0.39, 0.29) is 34.0 Å². The zero-order valence-electron chi connectivity index (χ0n) is 23.0. The van der Waals surface area contributed by atoms with Crippen molar-refractivity contribution in [3.8, 4) is 0 Å². The lowest BCUT2D eigenvalue weighted by Gasteiger charge is -2.70. The van der Waals surface area contributed by atoms with Crippen LogP contribution < -0.4 is 0 Å². The molecule has 0 spiro atoms. The summed E-state index contributed by atoms with van der Waals surface area (Å²) in [6.45, 7) is 18.7. The van der Waals surface area contributed by atoms with Gasteiger partial charge in [0, 0.05) is 5.92 Å². The van der Waals surface area contributed by atoms with Crippen molar-refractivity contribution >= 4 is 11.8 Å². The molecule has 0 aromatic carbocycles. The molecule has 0 saturated heterocycles. The summed E-state index contributed by atoms with van der Waals surface area (Å²) in [5, 5.41) is 10.4. The Bertz CT molecular complexity index is 950. The van der Waals surface area contributed by atoms with Crippen LogP contribution in [0.2, 0.25) is 0 Å². The Labute approximate surface area is 207 Å². The Kier molecular flexibility index (Phi) is 5.22. The number of carbonyl (C=O) groups excluding carboxylic acids is 1. The fourth-order valence-corrected chi connectivity index (χ4v) is 10.9. The Hall–Kier alpha value is -1.12. The molecule has 4 saturated carbocycles. The molecule has 0 aromatic rings. The highest BCUT2D eigenvalue weighted by Gasteiger charge is 2.71. The predicted molar refractivity (Wildman–Crippen MR) is 136 cm³/mol. The monoisotopic (exact) mass is 468 g/mol. The first kappa shape index (κ1) is 24.6. The second-order valence-corrected chi connectivity index (χ2v) is 14.8. The van der Waals surface area contributed by atoms with E-state index in [0.717, 1.165) is 25.7 Å². The number of carboxylic acid groups (broad SMARTS) is 1. The van der Waals surface area contributed by atoms with Crippen LogP contribution in [-0.4, -0.2) is 16.9 Å². The van der Waals surface area contributed by atoms with Crippen LogP contribution in [0.15, 0.2) is 11.6 Å². The predicted octanol–water partition coefficient (Wildman–Crippen LogP) is 7.54. The first-order valence-electron chi connectivity index (χ1n) is 14.2. The number of ketones is 1. The number of aliphatic carboxylic acids is 1. The van der Waals surface area contributed by atoms with Gasteiger partial charge in [0.25, 0.3) is 0 Å². The molecule has 1 N–H and O–H groups in total. The Balaban J connectivity index is 1.65. The largest absolute Gasteiger partial charge is 0.481 e. The van der Waals surface area contributed by atoms with Crippen molar-refractivity contribution in [1.82, 2.24) is 0 Å². The van der Waals surface area contributed by atoms with Crippen molar-refractivity contribution in [2.24, 2.45) is 62.6 Å². The van der Waals surface area contributed by atoms with Gasteiger partial charge in [0.1, 0.15) is 0 Å². The van der Waals surface area contributed by atoms with Gasteiger partial charge >= 0.3 is 5.97 Å². The number of carbonyl (C=O) groups is 2. The lowest BCUT2D eigenvalue weighted by Crippen LogP contribution is -2.67. The van der Waals surface area contributed by atoms with Crippen LogP contribution in [-0.2, 0) is 9.59 Å². The summed E-state index contributed by atoms with van der Waals surface area (Å²) in [6, 6.07) is 0. The molecule has 0 amide bonds. The van der Waals surface area contributed by atoms with Crippen molar-refractivity contribution in [3.63, 3.8) is 0 Å². The van der Waals surface area contributed by atoms with Crippen molar-refractivity contribution in [2.45, 2.75) is 107 Å². The Morgan fingerprint density at radius 3 is 2.24 bits per heavy atom. The summed E-state index contributed by atoms with van der Waals surface area (Å²) in [7, 11) is 0. The maximum absolute atomic E-state index is 14.3. The summed E-state index contributed by atoms with van der Waals surface area (Å²) in [4.78, 5) is 27.0. The van der Waals surface area contributed by atoms with Gasteiger partial charge in [0.05, 0.1) is 5.41 Å². The molecule has 5 rings (SSSR count). The molecule has 0 bridgehead atoms. The van der Waals surface area contributed by atoms with Crippen LogP contribution in [0, 0.1) is 62.6 Å². The average molecular weight is 469 g/mol. The third kappa shape index (κ3) is 2.71. The van der Waals surface area contributed by atoms with Gasteiger partial charge in [0.2, 0.25) is 0 Å². The molecule has 0 aromatic heterocycles. The molecule has 3 heteroatoms. The number of hydrogen-bond donors (Lipinski definition) is 1. The molecular weight excluding hydrogens is 420 g/mol. The van der Waals surface area contributed by atoms with Gasteiger partial charge in [-0.1, -0.05) is 54.0 Å². The number of hydrogen-bond acceptors (Lipinski definition) is 2. The van der Waals surface area contributed by atoms with Gasteiger partial charge in [-0.15, -0.1) is 0 Å². The molecule has 0 heterocycles. The standard InChI is InChI=1S/C31H48O3/c1-18-9-12-27(4)15-16-29(6)21(24(27)20(18)3)17-22(32)25-28(5)13-10-19(2)31(8,26(33)34)23(28)11-14-30(25,29)7/h17-20,23-25H,9-16H2,1-8H3,(H,33,34)/t18-,19-,20+,23?,24?,25?,27-,28+,29-,30-,31+/m1/s1. The third-order valence-electron chi connectivity index (χ3n) is 13.7. The van der Waals surface area contributed by atoms with Crippen molar-refractivity contribution in [3.05, 3.63) is 11.6 Å².